The zero-order valence-electron chi connectivity index (χ0n) is 8.98. The maximum atomic E-state index is 13.7. The summed E-state index contributed by atoms with van der Waals surface area (Å²) in [7, 11) is 0. The van der Waals surface area contributed by atoms with Crippen LogP contribution in [-0.4, -0.2) is 11.5 Å². The smallest absolute Gasteiger partial charge is 0.132 e. The highest BCUT2D eigenvalue weighted by molar-refractivity contribution is 5.79. The van der Waals surface area contributed by atoms with Crippen molar-refractivity contribution < 1.29 is 10.6 Å². The summed E-state index contributed by atoms with van der Waals surface area (Å²) in [6.45, 7) is 4.65. The Morgan fingerprint density at radius 2 is 2.17 bits per heavy atom. The fourth-order valence-electron chi connectivity index (χ4n) is 1.66. The molecular formula is C10H17FO. The molecular weight excluding hydrogens is 155 g/mol. The third kappa shape index (κ3) is 1.39. The molecule has 1 aliphatic carbocycles. The quantitative estimate of drug-likeness (QED) is 0.629. The first-order valence-electron chi connectivity index (χ1n) is 5.02. The number of halogens is 1. The second kappa shape index (κ2) is 2.54. The molecule has 0 aromatic rings. The number of hydrogen-bond donors (Lipinski definition) is 0. The van der Waals surface area contributed by atoms with Crippen LogP contribution in [0.4, 0.5) is 4.39 Å². The normalized spacial score (nSPS) is 37.0. The lowest BCUT2D eigenvalue weighted by molar-refractivity contribution is -0.134. The lowest BCUT2D eigenvalue weighted by Crippen LogP contribution is -2.49. The molecule has 0 radical (unpaired) electrons. The Morgan fingerprint density at radius 3 is 2.42 bits per heavy atom. The number of Topliss-reactive ketones (excluding diaryl/α,β-unsaturated/α-hetero) is 1. The van der Waals surface area contributed by atoms with Crippen LogP contribution in [0.3, 0.4) is 0 Å². The minimum absolute atomic E-state index is 0.000347. The molecule has 0 amide bonds. The summed E-state index contributed by atoms with van der Waals surface area (Å²) in [5.74, 6) is 0.133. The molecule has 0 spiro atoms. The number of carbonyl (C=O) groups is 1. The molecule has 0 saturated heterocycles. The van der Waals surface area contributed by atoms with Gasteiger partial charge in [0.2, 0.25) is 0 Å². The average molecular weight is 174 g/mol. The van der Waals surface area contributed by atoms with Crippen LogP contribution in [0.25, 0.3) is 0 Å². The van der Waals surface area contributed by atoms with Crippen LogP contribution in [0, 0.1) is 11.3 Å². The second-order valence-electron chi connectivity index (χ2n) is 4.47. The molecule has 0 aromatic heterocycles. The molecule has 0 aromatic carbocycles. The zero-order valence-corrected chi connectivity index (χ0v) is 7.98. The van der Waals surface area contributed by atoms with Gasteiger partial charge in [0.05, 0.1) is 0 Å². The summed E-state index contributed by atoms with van der Waals surface area (Å²) in [6, 6.07) is 0. The van der Waals surface area contributed by atoms with Crippen molar-refractivity contribution in [2.24, 2.45) is 11.3 Å². The molecule has 2 heteroatoms. The molecule has 0 unspecified atom stereocenters. The van der Waals surface area contributed by atoms with E-state index in [1.54, 1.807) is 6.92 Å². The van der Waals surface area contributed by atoms with Gasteiger partial charge in [-0.15, -0.1) is 0 Å². The molecule has 1 rings (SSSR count). The Labute approximate surface area is 74.7 Å². The van der Waals surface area contributed by atoms with Crippen LogP contribution in [0.2, 0.25) is 0 Å². The maximum absolute atomic E-state index is 13.7. The van der Waals surface area contributed by atoms with Gasteiger partial charge in [-0.05, 0) is 33.6 Å². The highest BCUT2D eigenvalue weighted by Gasteiger charge is 2.52. The number of hydrogen-bond acceptors (Lipinski definition) is 1. The van der Waals surface area contributed by atoms with E-state index in [-0.39, 0.29) is 18.6 Å². The van der Waals surface area contributed by atoms with E-state index < -0.39 is 11.1 Å². The fraction of sp³-hybridized carbons (Fsp3) is 0.900. The summed E-state index contributed by atoms with van der Waals surface area (Å²) in [6.07, 6.45) is 1.10. The van der Waals surface area contributed by atoms with E-state index in [0.29, 0.717) is 12.8 Å². The summed E-state index contributed by atoms with van der Waals surface area (Å²) >= 11 is 0. The zero-order chi connectivity index (χ0) is 10.3. The van der Waals surface area contributed by atoms with Gasteiger partial charge in [0.25, 0.3) is 0 Å². The molecule has 1 nitrogen and oxygen atoms in total. The van der Waals surface area contributed by atoms with Gasteiger partial charge < -0.3 is 0 Å². The molecule has 0 aliphatic heterocycles. The molecule has 12 heavy (non-hydrogen) atoms. The van der Waals surface area contributed by atoms with Crippen molar-refractivity contribution >= 4 is 5.78 Å². The summed E-state index contributed by atoms with van der Waals surface area (Å²) in [5, 5.41) is 0. The first kappa shape index (κ1) is 8.21. The van der Waals surface area contributed by atoms with Crippen LogP contribution in [0.1, 0.15) is 41.9 Å². The van der Waals surface area contributed by atoms with Crippen molar-refractivity contribution in [3.8, 4) is 0 Å². The number of alkyl halides is 1. The third-order valence-corrected chi connectivity index (χ3v) is 3.11. The Bertz CT molecular complexity index is 213. The number of carbonyl (C=O) groups excluding carboxylic acids is 1. The average Bonchev–Trinajstić information content (AvgIpc) is 1.81. The molecule has 0 N–H and O–H groups in total. The monoisotopic (exact) mass is 174 g/mol. The van der Waals surface area contributed by atoms with Gasteiger partial charge in [-0.25, -0.2) is 4.39 Å². The van der Waals surface area contributed by atoms with Crippen LogP contribution in [0.15, 0.2) is 0 Å². The molecule has 0 heterocycles. The van der Waals surface area contributed by atoms with Crippen LogP contribution in [-0.2, 0) is 4.79 Å². The predicted octanol–water partition coefficient (Wildman–Crippen LogP) is 2.74. The summed E-state index contributed by atoms with van der Waals surface area (Å²) in [4.78, 5) is 11.0. The first-order chi connectivity index (χ1) is 5.82. The topological polar surface area (TPSA) is 17.1 Å². The van der Waals surface area contributed by atoms with Crippen LogP contribution >= 0.6 is 0 Å². The van der Waals surface area contributed by atoms with Crippen LogP contribution in [0.5, 0.6) is 0 Å². The van der Waals surface area contributed by atoms with Gasteiger partial charge in [0.1, 0.15) is 11.5 Å². The van der Waals surface area contributed by atoms with E-state index in [4.69, 9.17) is 1.37 Å². The van der Waals surface area contributed by atoms with Gasteiger partial charge in [0.15, 0.2) is 0 Å². The molecule has 70 valence electrons. The lowest BCUT2D eigenvalue weighted by Gasteiger charge is -2.50. The van der Waals surface area contributed by atoms with Crippen molar-refractivity contribution in [2.75, 3.05) is 0 Å². The van der Waals surface area contributed by atoms with E-state index in [1.165, 1.54) is 13.8 Å². The van der Waals surface area contributed by atoms with E-state index in [0.717, 1.165) is 0 Å². The van der Waals surface area contributed by atoms with Gasteiger partial charge >= 0.3 is 0 Å². The molecule has 1 fully saturated rings. The van der Waals surface area contributed by atoms with Crippen molar-refractivity contribution in [1.29, 1.82) is 0 Å². The predicted molar refractivity (Wildman–Crippen MR) is 46.7 cm³/mol. The van der Waals surface area contributed by atoms with Gasteiger partial charge in [0, 0.05) is 12.7 Å². The Morgan fingerprint density at radius 1 is 1.67 bits per heavy atom. The van der Waals surface area contributed by atoms with Crippen molar-refractivity contribution in [2.45, 2.75) is 46.2 Å². The molecule has 1 saturated carbocycles. The highest BCUT2D eigenvalue weighted by atomic mass is 19.1. The molecule has 1 aliphatic rings. The van der Waals surface area contributed by atoms with E-state index in [1.807, 2.05) is 0 Å². The van der Waals surface area contributed by atoms with Gasteiger partial charge in [-0.3, -0.25) is 4.79 Å². The van der Waals surface area contributed by atoms with E-state index in [9.17, 15) is 9.18 Å². The number of ketones is 1. The van der Waals surface area contributed by atoms with Gasteiger partial charge in [-0.2, -0.15) is 0 Å². The minimum Gasteiger partial charge on any atom is -0.300 e. The number of rotatable bonds is 2. The van der Waals surface area contributed by atoms with Gasteiger partial charge in [-0.1, -0.05) is 6.90 Å². The van der Waals surface area contributed by atoms with Crippen LogP contribution < -0.4 is 0 Å². The Kier molecular flexibility index (Phi) is 1.74. The second-order valence-corrected chi connectivity index (χ2v) is 4.47. The largest absolute Gasteiger partial charge is 0.300 e. The highest BCUT2D eigenvalue weighted by Crippen LogP contribution is 2.53. The third-order valence-electron chi connectivity index (χ3n) is 3.11. The standard InChI is InChI=1S/C10H17FO/c1-7(12)8-5-10(4,6-8)9(2,3)11/h8H,5-6H2,1-4H3/i4T. The summed E-state index contributed by atoms with van der Waals surface area (Å²) < 4.78 is 21.0. The van der Waals surface area contributed by atoms with E-state index >= 15 is 0 Å². The summed E-state index contributed by atoms with van der Waals surface area (Å²) in [5.41, 5.74) is -1.90. The van der Waals surface area contributed by atoms with Crippen molar-refractivity contribution in [3.05, 3.63) is 0 Å². The Hall–Kier alpha value is -0.400. The fourth-order valence-corrected chi connectivity index (χ4v) is 1.66. The SMILES string of the molecule is [3H]CC1(C(C)(C)F)CC(C(C)=O)C1. The van der Waals surface area contributed by atoms with Crippen molar-refractivity contribution in [1.82, 2.24) is 0 Å². The minimum atomic E-state index is -1.33. The molecule has 0 bridgehead atoms. The first-order valence-corrected chi connectivity index (χ1v) is 4.31. The van der Waals surface area contributed by atoms with E-state index in [2.05, 4.69) is 0 Å². The molecule has 0 atom stereocenters. The lowest BCUT2D eigenvalue weighted by atomic mass is 9.56. The van der Waals surface area contributed by atoms with Crippen molar-refractivity contribution in [3.63, 3.8) is 0 Å². The Balaban J connectivity index is 2.66. The maximum Gasteiger partial charge on any atom is 0.132 e.